The van der Waals surface area contributed by atoms with Crippen LogP contribution in [0.15, 0.2) is 57.0 Å². The highest BCUT2D eigenvalue weighted by atomic mass is 79.9. The Bertz CT molecular complexity index is 517. The van der Waals surface area contributed by atoms with Crippen molar-refractivity contribution in [3.63, 3.8) is 0 Å². The van der Waals surface area contributed by atoms with Crippen molar-refractivity contribution >= 4 is 27.7 Å². The Kier molecular flexibility index (Phi) is 5.89. The molecule has 1 N–H and O–H groups in total. The molecule has 19 heavy (non-hydrogen) atoms. The summed E-state index contributed by atoms with van der Waals surface area (Å²) >= 11 is 5.32. The number of aromatic nitrogens is 1. The van der Waals surface area contributed by atoms with E-state index in [0.717, 1.165) is 24.0 Å². The molecule has 0 atom stereocenters. The molecule has 0 radical (unpaired) electrons. The van der Waals surface area contributed by atoms with Crippen molar-refractivity contribution in [3.05, 3.63) is 52.8 Å². The Morgan fingerprint density at radius 2 is 2.00 bits per heavy atom. The largest absolute Gasteiger partial charge is 0.313 e. The van der Waals surface area contributed by atoms with Crippen LogP contribution >= 0.6 is 27.7 Å². The van der Waals surface area contributed by atoms with Crippen LogP contribution in [0.3, 0.4) is 0 Å². The molecule has 2 rings (SSSR count). The minimum Gasteiger partial charge on any atom is -0.313 e. The van der Waals surface area contributed by atoms with Gasteiger partial charge in [-0.25, -0.2) is 0 Å². The number of pyridine rings is 1. The van der Waals surface area contributed by atoms with E-state index < -0.39 is 0 Å². The molecule has 2 nitrogen and oxygen atoms in total. The van der Waals surface area contributed by atoms with Gasteiger partial charge < -0.3 is 5.32 Å². The zero-order chi connectivity index (χ0) is 13.5. The monoisotopic (exact) mass is 336 g/mol. The molecule has 1 aromatic carbocycles. The molecular formula is C15H17BrN2S. The quantitative estimate of drug-likeness (QED) is 0.786. The predicted octanol–water partition coefficient (Wildman–Crippen LogP) is 4.49. The molecule has 0 unspecified atom stereocenters. The van der Waals surface area contributed by atoms with Gasteiger partial charge in [0, 0.05) is 33.2 Å². The summed E-state index contributed by atoms with van der Waals surface area (Å²) in [5, 5.41) is 3.46. The highest BCUT2D eigenvalue weighted by Gasteiger charge is 2.05. The van der Waals surface area contributed by atoms with Crippen molar-refractivity contribution < 1.29 is 0 Å². The lowest BCUT2D eigenvalue weighted by molar-refractivity contribution is 0.669. The molecule has 0 saturated carbocycles. The van der Waals surface area contributed by atoms with E-state index in [4.69, 9.17) is 0 Å². The minimum atomic E-state index is 0.903. The maximum atomic E-state index is 4.05. The number of halogens is 1. The number of hydrogen-bond donors (Lipinski definition) is 1. The fraction of sp³-hybridized carbons (Fsp3) is 0.267. The molecule has 100 valence electrons. The minimum absolute atomic E-state index is 0.903. The Hall–Kier alpha value is -0.840. The maximum absolute atomic E-state index is 4.05. The molecule has 0 aliphatic carbocycles. The molecule has 2 aromatic rings. The van der Waals surface area contributed by atoms with Gasteiger partial charge in [0.1, 0.15) is 0 Å². The second-order valence-corrected chi connectivity index (χ2v) is 6.24. The second-order valence-electron chi connectivity index (χ2n) is 4.21. The normalized spacial score (nSPS) is 10.6. The van der Waals surface area contributed by atoms with Gasteiger partial charge in [-0.2, -0.15) is 0 Å². The standard InChI is InChI=1S/C15H17BrN2S/c1-2-7-18-11-12-10-13(16)3-4-15(12)19-14-5-8-17-9-6-14/h3-6,8-10,18H,2,7,11H2,1H3. The molecule has 0 bridgehead atoms. The number of hydrogen-bond acceptors (Lipinski definition) is 3. The van der Waals surface area contributed by atoms with Gasteiger partial charge in [0.2, 0.25) is 0 Å². The molecule has 0 fully saturated rings. The molecule has 4 heteroatoms. The van der Waals surface area contributed by atoms with E-state index in [1.165, 1.54) is 15.4 Å². The zero-order valence-electron chi connectivity index (χ0n) is 10.9. The molecule has 0 aliphatic heterocycles. The third-order valence-corrected chi connectivity index (χ3v) is 4.26. The number of nitrogens with zero attached hydrogens (tertiary/aromatic N) is 1. The van der Waals surface area contributed by atoms with E-state index in [1.54, 1.807) is 11.8 Å². The van der Waals surface area contributed by atoms with E-state index in [2.05, 4.69) is 51.4 Å². The van der Waals surface area contributed by atoms with Crippen molar-refractivity contribution in [1.82, 2.24) is 10.3 Å². The van der Waals surface area contributed by atoms with E-state index in [1.807, 2.05) is 24.5 Å². The van der Waals surface area contributed by atoms with Crippen LogP contribution in [0.1, 0.15) is 18.9 Å². The molecule has 1 aromatic heterocycles. The third kappa shape index (κ3) is 4.64. The van der Waals surface area contributed by atoms with Gasteiger partial charge in [-0.3, -0.25) is 4.98 Å². The van der Waals surface area contributed by atoms with Gasteiger partial charge in [0.15, 0.2) is 0 Å². The average molecular weight is 337 g/mol. The lowest BCUT2D eigenvalue weighted by Gasteiger charge is -2.10. The molecule has 0 amide bonds. The number of rotatable bonds is 6. The van der Waals surface area contributed by atoms with Crippen LogP contribution in [0.4, 0.5) is 0 Å². The van der Waals surface area contributed by atoms with Crippen molar-refractivity contribution in [2.75, 3.05) is 6.54 Å². The van der Waals surface area contributed by atoms with Gasteiger partial charge in [-0.15, -0.1) is 0 Å². The van der Waals surface area contributed by atoms with Crippen LogP contribution in [0, 0.1) is 0 Å². The smallest absolute Gasteiger partial charge is 0.0279 e. The Balaban J connectivity index is 2.14. The lowest BCUT2D eigenvalue weighted by Crippen LogP contribution is -2.14. The Morgan fingerprint density at radius 3 is 2.74 bits per heavy atom. The molecule has 0 saturated heterocycles. The summed E-state index contributed by atoms with van der Waals surface area (Å²) in [6.45, 7) is 4.13. The summed E-state index contributed by atoms with van der Waals surface area (Å²) < 4.78 is 1.12. The fourth-order valence-corrected chi connectivity index (χ4v) is 3.04. The van der Waals surface area contributed by atoms with E-state index in [-0.39, 0.29) is 0 Å². The Labute approximate surface area is 127 Å². The highest BCUT2D eigenvalue weighted by Crippen LogP contribution is 2.31. The first-order valence-corrected chi connectivity index (χ1v) is 7.97. The number of nitrogens with one attached hydrogen (secondary N) is 1. The highest BCUT2D eigenvalue weighted by molar-refractivity contribution is 9.10. The van der Waals surface area contributed by atoms with Crippen molar-refractivity contribution in [2.45, 2.75) is 29.7 Å². The molecule has 0 aliphatic rings. The van der Waals surface area contributed by atoms with Gasteiger partial charge in [-0.05, 0) is 48.9 Å². The summed E-state index contributed by atoms with van der Waals surface area (Å²) in [4.78, 5) is 6.56. The van der Waals surface area contributed by atoms with E-state index in [9.17, 15) is 0 Å². The van der Waals surface area contributed by atoms with Crippen molar-refractivity contribution in [1.29, 1.82) is 0 Å². The summed E-state index contributed by atoms with van der Waals surface area (Å²) in [6.07, 6.45) is 4.81. The SMILES string of the molecule is CCCNCc1cc(Br)ccc1Sc1ccncc1. The van der Waals surface area contributed by atoms with Crippen LogP contribution in [0.2, 0.25) is 0 Å². The van der Waals surface area contributed by atoms with Crippen LogP contribution < -0.4 is 5.32 Å². The van der Waals surface area contributed by atoms with E-state index >= 15 is 0 Å². The molecule has 0 spiro atoms. The van der Waals surface area contributed by atoms with Gasteiger partial charge in [0.25, 0.3) is 0 Å². The van der Waals surface area contributed by atoms with Crippen LogP contribution in [-0.2, 0) is 6.54 Å². The van der Waals surface area contributed by atoms with E-state index in [0.29, 0.717) is 0 Å². The Morgan fingerprint density at radius 1 is 1.21 bits per heavy atom. The van der Waals surface area contributed by atoms with Crippen LogP contribution in [0.5, 0.6) is 0 Å². The van der Waals surface area contributed by atoms with Gasteiger partial charge in [-0.1, -0.05) is 34.6 Å². The summed E-state index contributed by atoms with van der Waals surface area (Å²) in [5.41, 5.74) is 1.32. The van der Waals surface area contributed by atoms with Gasteiger partial charge in [0.05, 0.1) is 0 Å². The lowest BCUT2D eigenvalue weighted by atomic mass is 10.2. The summed E-state index contributed by atoms with van der Waals surface area (Å²) in [7, 11) is 0. The predicted molar refractivity (Wildman–Crippen MR) is 84.5 cm³/mol. The van der Waals surface area contributed by atoms with Gasteiger partial charge >= 0.3 is 0 Å². The van der Waals surface area contributed by atoms with Crippen molar-refractivity contribution in [2.24, 2.45) is 0 Å². The second kappa shape index (κ2) is 7.68. The first-order valence-electron chi connectivity index (χ1n) is 6.36. The first kappa shape index (κ1) is 14.6. The molecule has 1 heterocycles. The van der Waals surface area contributed by atoms with Crippen LogP contribution in [0.25, 0.3) is 0 Å². The fourth-order valence-electron chi connectivity index (χ4n) is 1.72. The van der Waals surface area contributed by atoms with Crippen molar-refractivity contribution in [3.8, 4) is 0 Å². The topological polar surface area (TPSA) is 24.9 Å². The average Bonchev–Trinajstić information content (AvgIpc) is 2.43. The third-order valence-electron chi connectivity index (χ3n) is 2.64. The molecular weight excluding hydrogens is 320 g/mol. The number of benzene rings is 1. The summed E-state index contributed by atoms with van der Waals surface area (Å²) in [5.74, 6) is 0. The maximum Gasteiger partial charge on any atom is 0.0279 e. The first-order chi connectivity index (χ1) is 9.29. The zero-order valence-corrected chi connectivity index (χ0v) is 13.3. The van der Waals surface area contributed by atoms with Crippen LogP contribution in [-0.4, -0.2) is 11.5 Å². The summed E-state index contributed by atoms with van der Waals surface area (Å²) in [6, 6.07) is 10.5.